The summed E-state index contributed by atoms with van der Waals surface area (Å²) >= 11 is 0. The van der Waals surface area contributed by atoms with Gasteiger partial charge in [0.1, 0.15) is 11.6 Å². The molecule has 0 spiro atoms. The van der Waals surface area contributed by atoms with Gasteiger partial charge in [-0.3, -0.25) is 9.69 Å². The molecule has 1 heterocycles. The number of likely N-dealkylation sites (tertiary alicyclic amines) is 1. The molecule has 0 aromatic carbocycles. The lowest BCUT2D eigenvalue weighted by Gasteiger charge is -2.39. The van der Waals surface area contributed by atoms with Crippen LogP contribution in [0.25, 0.3) is 0 Å². The number of hydrogen-bond acceptors (Lipinski definition) is 3. The van der Waals surface area contributed by atoms with Gasteiger partial charge in [-0.05, 0) is 27.2 Å². The summed E-state index contributed by atoms with van der Waals surface area (Å²) in [6, 6.07) is -0.357. The molecule has 1 aliphatic rings. The van der Waals surface area contributed by atoms with Crippen LogP contribution in [0.4, 0.5) is 4.79 Å². The second-order valence-electron chi connectivity index (χ2n) is 4.59. The van der Waals surface area contributed by atoms with Crippen molar-refractivity contribution in [2.45, 2.75) is 38.8 Å². The first-order chi connectivity index (χ1) is 6.85. The Morgan fingerprint density at radius 3 is 2.33 bits per heavy atom. The van der Waals surface area contributed by atoms with Gasteiger partial charge in [-0.2, -0.15) is 0 Å². The fourth-order valence-electron chi connectivity index (χ4n) is 1.37. The largest absolute Gasteiger partial charge is 0.444 e. The predicted octanol–water partition coefficient (Wildman–Crippen LogP) is 0.742. The third kappa shape index (κ3) is 2.84. The van der Waals surface area contributed by atoms with E-state index in [0.717, 1.165) is 0 Å². The minimum absolute atomic E-state index is 0.132. The SMILES string of the molecule is CNC(=O)C1CCN1C(=O)OC(C)(C)C. The zero-order chi connectivity index (χ0) is 11.6. The number of nitrogens with one attached hydrogen (secondary N) is 1. The topological polar surface area (TPSA) is 58.6 Å². The molecular weight excluding hydrogens is 196 g/mol. The molecule has 5 nitrogen and oxygen atoms in total. The molecule has 1 saturated heterocycles. The van der Waals surface area contributed by atoms with Crippen molar-refractivity contribution < 1.29 is 14.3 Å². The Hall–Kier alpha value is -1.26. The molecule has 0 aromatic heterocycles. The van der Waals surface area contributed by atoms with Crippen molar-refractivity contribution in [3.8, 4) is 0 Å². The Morgan fingerprint density at radius 1 is 1.40 bits per heavy atom. The van der Waals surface area contributed by atoms with E-state index in [9.17, 15) is 9.59 Å². The number of carbonyl (C=O) groups is 2. The maximum absolute atomic E-state index is 11.6. The van der Waals surface area contributed by atoms with Crippen LogP contribution < -0.4 is 5.32 Å². The van der Waals surface area contributed by atoms with Gasteiger partial charge in [0, 0.05) is 13.6 Å². The molecule has 1 aliphatic heterocycles. The molecule has 15 heavy (non-hydrogen) atoms. The summed E-state index contributed by atoms with van der Waals surface area (Å²) < 4.78 is 5.17. The van der Waals surface area contributed by atoms with E-state index in [2.05, 4.69) is 5.32 Å². The maximum atomic E-state index is 11.6. The molecular formula is C10H18N2O3. The Balaban J connectivity index is 2.51. The number of amides is 2. The molecule has 86 valence electrons. The quantitative estimate of drug-likeness (QED) is 0.700. The van der Waals surface area contributed by atoms with Crippen LogP contribution in [0.15, 0.2) is 0 Å². The Kier molecular flexibility index (Phi) is 3.21. The van der Waals surface area contributed by atoms with E-state index < -0.39 is 11.7 Å². The van der Waals surface area contributed by atoms with E-state index in [1.54, 1.807) is 27.8 Å². The Morgan fingerprint density at radius 2 is 2.00 bits per heavy atom. The molecule has 1 unspecified atom stereocenters. The van der Waals surface area contributed by atoms with E-state index in [1.165, 1.54) is 4.90 Å². The summed E-state index contributed by atoms with van der Waals surface area (Å²) in [5.74, 6) is -0.132. The van der Waals surface area contributed by atoms with E-state index in [0.29, 0.717) is 13.0 Å². The molecule has 5 heteroatoms. The average molecular weight is 214 g/mol. The van der Waals surface area contributed by atoms with Crippen LogP contribution in [-0.2, 0) is 9.53 Å². The molecule has 0 saturated carbocycles. The van der Waals surface area contributed by atoms with Crippen LogP contribution in [0.2, 0.25) is 0 Å². The molecule has 1 rings (SSSR count). The first-order valence-electron chi connectivity index (χ1n) is 5.06. The van der Waals surface area contributed by atoms with Gasteiger partial charge in [-0.15, -0.1) is 0 Å². The van der Waals surface area contributed by atoms with E-state index in [1.807, 2.05) is 0 Å². The number of rotatable bonds is 1. The summed E-state index contributed by atoms with van der Waals surface area (Å²) in [4.78, 5) is 24.4. The Labute approximate surface area is 89.8 Å². The normalized spacial score (nSPS) is 20.5. The highest BCUT2D eigenvalue weighted by molar-refractivity contribution is 5.87. The van der Waals surface area contributed by atoms with Crippen LogP contribution in [0.1, 0.15) is 27.2 Å². The monoisotopic (exact) mass is 214 g/mol. The van der Waals surface area contributed by atoms with Crippen molar-refractivity contribution in [2.75, 3.05) is 13.6 Å². The van der Waals surface area contributed by atoms with E-state index in [4.69, 9.17) is 4.74 Å². The minimum Gasteiger partial charge on any atom is -0.444 e. The number of carbonyl (C=O) groups excluding carboxylic acids is 2. The van der Waals surface area contributed by atoms with Gasteiger partial charge in [0.2, 0.25) is 5.91 Å². The predicted molar refractivity (Wildman–Crippen MR) is 55.4 cm³/mol. The van der Waals surface area contributed by atoms with Crippen molar-refractivity contribution in [1.82, 2.24) is 10.2 Å². The third-order valence-electron chi connectivity index (χ3n) is 2.20. The van der Waals surface area contributed by atoms with Crippen molar-refractivity contribution >= 4 is 12.0 Å². The molecule has 0 bridgehead atoms. The van der Waals surface area contributed by atoms with Crippen molar-refractivity contribution in [3.05, 3.63) is 0 Å². The molecule has 1 fully saturated rings. The highest BCUT2D eigenvalue weighted by atomic mass is 16.6. The lowest BCUT2D eigenvalue weighted by atomic mass is 10.0. The zero-order valence-electron chi connectivity index (χ0n) is 9.66. The zero-order valence-corrected chi connectivity index (χ0v) is 9.66. The summed E-state index contributed by atoms with van der Waals surface area (Å²) in [5.41, 5.74) is -0.514. The van der Waals surface area contributed by atoms with Crippen molar-refractivity contribution in [3.63, 3.8) is 0 Å². The standard InChI is InChI=1S/C10H18N2O3/c1-10(2,3)15-9(14)12-6-5-7(12)8(13)11-4/h7H,5-6H2,1-4H3,(H,11,13). The molecule has 0 aliphatic carbocycles. The minimum atomic E-state index is -0.514. The first kappa shape index (κ1) is 11.8. The van der Waals surface area contributed by atoms with Crippen LogP contribution >= 0.6 is 0 Å². The summed E-state index contributed by atoms with van der Waals surface area (Å²) in [6.07, 6.45) is 0.293. The average Bonchev–Trinajstić information content (AvgIpc) is 1.97. The van der Waals surface area contributed by atoms with E-state index in [-0.39, 0.29) is 11.9 Å². The van der Waals surface area contributed by atoms with Crippen LogP contribution in [-0.4, -0.2) is 42.1 Å². The van der Waals surface area contributed by atoms with Crippen LogP contribution in [0.3, 0.4) is 0 Å². The van der Waals surface area contributed by atoms with Gasteiger partial charge < -0.3 is 10.1 Å². The van der Waals surface area contributed by atoms with E-state index >= 15 is 0 Å². The number of likely N-dealkylation sites (N-methyl/N-ethyl adjacent to an activating group) is 1. The fourth-order valence-corrected chi connectivity index (χ4v) is 1.37. The highest BCUT2D eigenvalue weighted by Crippen LogP contribution is 2.21. The van der Waals surface area contributed by atoms with Gasteiger partial charge in [-0.25, -0.2) is 4.79 Å². The second-order valence-corrected chi connectivity index (χ2v) is 4.59. The fraction of sp³-hybridized carbons (Fsp3) is 0.800. The molecule has 1 atom stereocenters. The molecule has 2 amide bonds. The van der Waals surface area contributed by atoms with Gasteiger partial charge in [0.05, 0.1) is 0 Å². The van der Waals surface area contributed by atoms with Gasteiger partial charge >= 0.3 is 6.09 Å². The second kappa shape index (κ2) is 4.08. The van der Waals surface area contributed by atoms with Crippen LogP contribution in [0.5, 0.6) is 0 Å². The first-order valence-corrected chi connectivity index (χ1v) is 5.06. The number of ether oxygens (including phenoxy) is 1. The molecule has 0 radical (unpaired) electrons. The Bertz CT molecular complexity index is 270. The van der Waals surface area contributed by atoms with Gasteiger partial charge in [0.15, 0.2) is 0 Å². The number of nitrogens with zero attached hydrogens (tertiary/aromatic N) is 1. The third-order valence-corrected chi connectivity index (χ3v) is 2.20. The van der Waals surface area contributed by atoms with Gasteiger partial charge in [-0.1, -0.05) is 0 Å². The lowest BCUT2D eigenvalue weighted by molar-refractivity contribution is -0.130. The molecule has 1 N–H and O–H groups in total. The van der Waals surface area contributed by atoms with Gasteiger partial charge in [0.25, 0.3) is 0 Å². The summed E-state index contributed by atoms with van der Waals surface area (Å²) in [7, 11) is 1.56. The summed E-state index contributed by atoms with van der Waals surface area (Å²) in [6.45, 7) is 6.01. The van der Waals surface area contributed by atoms with Crippen LogP contribution in [0, 0.1) is 0 Å². The number of hydrogen-bond donors (Lipinski definition) is 1. The van der Waals surface area contributed by atoms with Crippen molar-refractivity contribution in [2.24, 2.45) is 0 Å². The maximum Gasteiger partial charge on any atom is 0.410 e. The summed E-state index contributed by atoms with van der Waals surface area (Å²) in [5, 5.41) is 2.53. The highest BCUT2D eigenvalue weighted by Gasteiger charge is 2.39. The lowest BCUT2D eigenvalue weighted by Crippen LogP contribution is -2.58. The molecule has 0 aromatic rings. The van der Waals surface area contributed by atoms with Crippen molar-refractivity contribution in [1.29, 1.82) is 0 Å². The smallest absolute Gasteiger partial charge is 0.410 e.